The zero-order valence-electron chi connectivity index (χ0n) is 7.89. The van der Waals surface area contributed by atoms with Crippen molar-refractivity contribution in [2.24, 2.45) is 0 Å². The molecule has 0 unspecified atom stereocenters. The second-order valence-electron chi connectivity index (χ2n) is 2.75. The van der Waals surface area contributed by atoms with Crippen LogP contribution in [0.4, 0.5) is 13.2 Å². The molecule has 0 bridgehead atoms. The molecule has 1 aromatic rings. The molecule has 1 heterocycles. The quantitative estimate of drug-likeness (QED) is 0.646. The highest BCUT2D eigenvalue weighted by Gasteiger charge is 2.34. The summed E-state index contributed by atoms with van der Waals surface area (Å²) in [5, 5.41) is 8.87. The lowest BCUT2D eigenvalue weighted by molar-refractivity contribution is -0.276. The molecule has 0 spiro atoms. The van der Waals surface area contributed by atoms with Crippen molar-refractivity contribution in [3.05, 3.63) is 20.9 Å². The number of ether oxygens (including phenoxy) is 1. The third-order valence-corrected chi connectivity index (χ3v) is 2.74. The molecule has 0 amide bonds. The molecular weight excluding hydrogens is 377 g/mol. The number of nitrogens with zero attached hydrogens (tertiary/aromatic N) is 1. The predicted octanol–water partition coefficient (Wildman–Crippen LogP) is 3.02. The van der Waals surface area contributed by atoms with Crippen LogP contribution in [-0.4, -0.2) is 22.4 Å². The summed E-state index contributed by atoms with van der Waals surface area (Å²) >= 11 is 7.07. The average Bonchev–Trinajstić information content (AvgIpc) is 2.17. The van der Waals surface area contributed by atoms with Gasteiger partial charge in [-0.3, -0.25) is 0 Å². The van der Waals surface area contributed by atoms with Crippen LogP contribution < -0.4 is 4.74 Å². The summed E-state index contributed by atoms with van der Waals surface area (Å²) in [5.74, 6) is -2.68. The highest BCUT2D eigenvalue weighted by atomic mass is 127. The van der Waals surface area contributed by atoms with Crippen molar-refractivity contribution in [3.8, 4) is 5.88 Å². The van der Waals surface area contributed by atoms with Gasteiger partial charge >= 0.3 is 12.3 Å². The summed E-state index contributed by atoms with van der Waals surface area (Å²) in [5.41, 5.74) is -0.641. The Morgan fingerprint density at radius 2 is 2.18 bits per heavy atom. The number of carbonyl (C=O) groups is 1. The first-order valence-corrected chi connectivity index (χ1v) is 5.60. The number of carboxylic acid groups (broad SMARTS) is 1. The largest absolute Gasteiger partial charge is 0.574 e. The normalized spacial score (nSPS) is 11.4. The fourth-order valence-electron chi connectivity index (χ4n) is 1.06. The second-order valence-corrected chi connectivity index (χ2v) is 4.18. The average molecular weight is 381 g/mol. The molecule has 94 valence electrons. The van der Waals surface area contributed by atoms with Crippen LogP contribution in [0.3, 0.4) is 0 Å². The lowest BCUT2D eigenvalue weighted by Gasteiger charge is -2.13. The lowest BCUT2D eigenvalue weighted by Crippen LogP contribution is -2.20. The minimum Gasteiger partial charge on any atom is -0.478 e. The Kier molecular flexibility index (Phi) is 4.42. The van der Waals surface area contributed by atoms with E-state index in [4.69, 9.17) is 16.7 Å². The van der Waals surface area contributed by atoms with Gasteiger partial charge in [-0.1, -0.05) is 0 Å². The van der Waals surface area contributed by atoms with E-state index < -0.39 is 24.1 Å². The van der Waals surface area contributed by atoms with Crippen LogP contribution in [0.2, 0.25) is 0 Å². The SMILES string of the molecule is O=C(O)c1c(I)cnc(OC(F)(F)F)c1CCl. The molecule has 1 rings (SSSR count). The van der Waals surface area contributed by atoms with Gasteiger partial charge in [-0.2, -0.15) is 0 Å². The van der Waals surface area contributed by atoms with Crippen LogP contribution in [0.5, 0.6) is 5.88 Å². The van der Waals surface area contributed by atoms with E-state index in [0.29, 0.717) is 0 Å². The van der Waals surface area contributed by atoms with Gasteiger partial charge < -0.3 is 9.84 Å². The first kappa shape index (κ1) is 14.3. The Bertz CT molecular complexity index is 452. The van der Waals surface area contributed by atoms with Gasteiger partial charge in [-0.25, -0.2) is 9.78 Å². The Balaban J connectivity index is 3.33. The lowest BCUT2D eigenvalue weighted by atomic mass is 10.1. The Morgan fingerprint density at radius 3 is 2.59 bits per heavy atom. The van der Waals surface area contributed by atoms with Crippen LogP contribution in [0.25, 0.3) is 0 Å². The summed E-state index contributed by atoms with van der Waals surface area (Å²) in [6.45, 7) is 0. The van der Waals surface area contributed by atoms with Crippen molar-refractivity contribution in [2.45, 2.75) is 12.2 Å². The van der Waals surface area contributed by atoms with Gasteiger partial charge in [0.05, 0.1) is 11.4 Å². The molecule has 0 fully saturated rings. The highest BCUT2D eigenvalue weighted by molar-refractivity contribution is 14.1. The Labute approximate surface area is 112 Å². The molecule has 0 aliphatic carbocycles. The topological polar surface area (TPSA) is 59.4 Å². The number of pyridine rings is 1. The number of carboxylic acids is 1. The molecule has 1 N–H and O–H groups in total. The first-order valence-electron chi connectivity index (χ1n) is 3.98. The van der Waals surface area contributed by atoms with Crippen molar-refractivity contribution in [1.29, 1.82) is 0 Å². The van der Waals surface area contributed by atoms with Gasteiger partial charge in [0, 0.05) is 15.3 Å². The van der Waals surface area contributed by atoms with E-state index in [-0.39, 0.29) is 14.7 Å². The molecule has 9 heteroatoms. The molecule has 0 aliphatic rings. The first-order chi connectivity index (χ1) is 7.76. The smallest absolute Gasteiger partial charge is 0.478 e. The maximum absolute atomic E-state index is 12.0. The molecule has 0 aromatic carbocycles. The third-order valence-electron chi connectivity index (χ3n) is 1.65. The van der Waals surface area contributed by atoms with E-state index in [2.05, 4.69) is 9.72 Å². The number of aromatic nitrogens is 1. The molecule has 0 saturated heterocycles. The summed E-state index contributed by atoms with van der Waals surface area (Å²) in [6.07, 6.45) is -3.97. The molecule has 4 nitrogen and oxygen atoms in total. The molecule has 0 atom stereocenters. The highest BCUT2D eigenvalue weighted by Crippen LogP contribution is 2.30. The van der Waals surface area contributed by atoms with Gasteiger partial charge in [0.25, 0.3) is 0 Å². The fourth-order valence-corrected chi connectivity index (χ4v) is 2.01. The number of alkyl halides is 4. The molecule has 0 aliphatic heterocycles. The van der Waals surface area contributed by atoms with Crippen LogP contribution >= 0.6 is 34.2 Å². The van der Waals surface area contributed by atoms with Crippen molar-refractivity contribution in [3.63, 3.8) is 0 Å². The summed E-state index contributed by atoms with van der Waals surface area (Å²) in [4.78, 5) is 14.3. The molecule has 1 aromatic heterocycles. The minimum absolute atomic E-state index is 0.181. The van der Waals surface area contributed by atoms with Gasteiger partial charge in [-0.05, 0) is 22.6 Å². The summed E-state index contributed by atoms with van der Waals surface area (Å²) < 4.78 is 39.9. The standard InChI is InChI=1S/C8H4ClF3INO3/c9-1-3-5(7(15)16)4(13)2-14-6(3)17-8(10,11)12/h2H,1H2,(H,15,16). The minimum atomic E-state index is -4.95. The van der Waals surface area contributed by atoms with Crippen molar-refractivity contribution in [2.75, 3.05) is 0 Å². The van der Waals surface area contributed by atoms with Gasteiger partial charge in [-0.15, -0.1) is 24.8 Å². The Morgan fingerprint density at radius 1 is 1.59 bits per heavy atom. The predicted molar refractivity (Wildman–Crippen MR) is 60.2 cm³/mol. The van der Waals surface area contributed by atoms with Gasteiger partial charge in [0.1, 0.15) is 0 Å². The van der Waals surface area contributed by atoms with E-state index >= 15 is 0 Å². The zero-order valence-corrected chi connectivity index (χ0v) is 10.8. The number of halogens is 5. The molecular formula is C8H4ClF3INO3. The van der Waals surface area contributed by atoms with E-state index in [1.807, 2.05) is 0 Å². The van der Waals surface area contributed by atoms with E-state index in [9.17, 15) is 18.0 Å². The monoisotopic (exact) mass is 381 g/mol. The summed E-state index contributed by atoms with van der Waals surface area (Å²) in [7, 11) is 0. The Hall–Kier alpha value is -0.770. The fraction of sp³-hybridized carbons (Fsp3) is 0.250. The van der Waals surface area contributed by atoms with Gasteiger partial charge in [0.15, 0.2) is 0 Å². The molecule has 0 saturated carbocycles. The van der Waals surface area contributed by atoms with Gasteiger partial charge in [0.2, 0.25) is 5.88 Å². The molecule has 0 radical (unpaired) electrons. The van der Waals surface area contributed by atoms with Crippen LogP contribution in [0.15, 0.2) is 6.20 Å². The number of hydrogen-bond acceptors (Lipinski definition) is 3. The molecule has 17 heavy (non-hydrogen) atoms. The number of rotatable bonds is 3. The second kappa shape index (κ2) is 5.25. The summed E-state index contributed by atoms with van der Waals surface area (Å²) in [6, 6.07) is 0. The van der Waals surface area contributed by atoms with Crippen molar-refractivity contribution in [1.82, 2.24) is 4.98 Å². The van der Waals surface area contributed by atoms with E-state index in [0.717, 1.165) is 6.20 Å². The maximum atomic E-state index is 12.0. The van der Waals surface area contributed by atoms with E-state index in [1.165, 1.54) is 0 Å². The van der Waals surface area contributed by atoms with Crippen LogP contribution in [0, 0.1) is 3.57 Å². The van der Waals surface area contributed by atoms with Crippen molar-refractivity contribution >= 4 is 40.2 Å². The third kappa shape index (κ3) is 3.60. The number of aromatic carboxylic acids is 1. The maximum Gasteiger partial charge on any atom is 0.574 e. The van der Waals surface area contributed by atoms with Crippen LogP contribution in [-0.2, 0) is 5.88 Å². The number of hydrogen-bond donors (Lipinski definition) is 1. The van der Waals surface area contributed by atoms with Crippen LogP contribution in [0.1, 0.15) is 15.9 Å². The zero-order chi connectivity index (χ0) is 13.2. The van der Waals surface area contributed by atoms with E-state index in [1.54, 1.807) is 22.6 Å². The van der Waals surface area contributed by atoms with Crippen molar-refractivity contribution < 1.29 is 27.8 Å².